The highest BCUT2D eigenvalue weighted by atomic mass is 16.5. The van der Waals surface area contributed by atoms with Crippen LogP contribution in [0.3, 0.4) is 0 Å². The van der Waals surface area contributed by atoms with Gasteiger partial charge in [0.05, 0.1) is 7.11 Å². The summed E-state index contributed by atoms with van der Waals surface area (Å²) in [7, 11) is 1.31. The van der Waals surface area contributed by atoms with Crippen LogP contribution in [0.5, 0.6) is 0 Å². The van der Waals surface area contributed by atoms with Crippen molar-refractivity contribution < 1.29 is 14.3 Å². The van der Waals surface area contributed by atoms with Gasteiger partial charge in [-0.15, -0.1) is 0 Å². The van der Waals surface area contributed by atoms with Crippen molar-refractivity contribution in [1.82, 2.24) is 10.6 Å². The maximum absolute atomic E-state index is 11.6. The molecule has 1 aromatic rings. The second-order valence-electron chi connectivity index (χ2n) is 4.76. The molecule has 110 valence electrons. The van der Waals surface area contributed by atoms with E-state index in [0.717, 1.165) is 0 Å². The second-order valence-corrected chi connectivity index (χ2v) is 4.76. The van der Waals surface area contributed by atoms with Gasteiger partial charge in [-0.05, 0) is 25.0 Å². The summed E-state index contributed by atoms with van der Waals surface area (Å²) >= 11 is 0. The number of esters is 1. The van der Waals surface area contributed by atoms with Crippen molar-refractivity contribution in [2.24, 2.45) is 0 Å². The maximum atomic E-state index is 11.6. The number of rotatable bonds is 6. The SMILES string of the molecule is COC(=O)C(CN[C@@H](C)c1ccccc1C)NC(C)=O. The van der Waals surface area contributed by atoms with Crippen LogP contribution in [0.1, 0.15) is 31.0 Å². The fourth-order valence-corrected chi connectivity index (χ4v) is 2.06. The van der Waals surface area contributed by atoms with Gasteiger partial charge < -0.3 is 15.4 Å². The monoisotopic (exact) mass is 278 g/mol. The first-order valence-electron chi connectivity index (χ1n) is 6.59. The van der Waals surface area contributed by atoms with Gasteiger partial charge in [0.25, 0.3) is 0 Å². The minimum Gasteiger partial charge on any atom is -0.467 e. The van der Waals surface area contributed by atoms with Crippen LogP contribution in [-0.2, 0) is 14.3 Å². The van der Waals surface area contributed by atoms with Crippen LogP contribution < -0.4 is 10.6 Å². The Labute approximate surface area is 119 Å². The summed E-state index contributed by atoms with van der Waals surface area (Å²) in [5, 5.41) is 5.82. The number of nitrogens with one attached hydrogen (secondary N) is 2. The van der Waals surface area contributed by atoms with Crippen molar-refractivity contribution in [2.75, 3.05) is 13.7 Å². The van der Waals surface area contributed by atoms with Crippen LogP contribution >= 0.6 is 0 Å². The molecule has 2 N–H and O–H groups in total. The van der Waals surface area contributed by atoms with E-state index in [1.54, 1.807) is 0 Å². The summed E-state index contributed by atoms with van der Waals surface area (Å²) in [6.07, 6.45) is 0. The van der Waals surface area contributed by atoms with Crippen LogP contribution in [0.4, 0.5) is 0 Å². The highest BCUT2D eigenvalue weighted by Crippen LogP contribution is 2.16. The Bertz CT molecular complexity index is 474. The Kier molecular flexibility index (Phi) is 6.18. The molecule has 0 heterocycles. The molecule has 0 bridgehead atoms. The number of aryl methyl sites for hydroxylation is 1. The van der Waals surface area contributed by atoms with Crippen molar-refractivity contribution >= 4 is 11.9 Å². The number of benzene rings is 1. The lowest BCUT2D eigenvalue weighted by atomic mass is 10.0. The zero-order valence-corrected chi connectivity index (χ0v) is 12.4. The third kappa shape index (κ3) is 4.66. The summed E-state index contributed by atoms with van der Waals surface area (Å²) in [6, 6.07) is 7.45. The van der Waals surface area contributed by atoms with E-state index in [0.29, 0.717) is 6.54 Å². The Morgan fingerprint density at radius 3 is 2.50 bits per heavy atom. The second kappa shape index (κ2) is 7.65. The summed E-state index contributed by atoms with van der Waals surface area (Å²) in [5.41, 5.74) is 2.35. The molecule has 1 amide bonds. The van der Waals surface area contributed by atoms with Gasteiger partial charge in [-0.2, -0.15) is 0 Å². The van der Waals surface area contributed by atoms with Gasteiger partial charge in [0.2, 0.25) is 5.91 Å². The largest absolute Gasteiger partial charge is 0.467 e. The number of carbonyl (C=O) groups is 2. The molecular formula is C15H22N2O3. The fourth-order valence-electron chi connectivity index (χ4n) is 2.06. The van der Waals surface area contributed by atoms with E-state index in [1.165, 1.54) is 25.2 Å². The minimum absolute atomic E-state index is 0.0807. The number of methoxy groups -OCH3 is 1. The number of ether oxygens (including phenoxy) is 1. The molecule has 1 aromatic carbocycles. The number of hydrogen-bond donors (Lipinski definition) is 2. The quantitative estimate of drug-likeness (QED) is 0.770. The topological polar surface area (TPSA) is 67.4 Å². The van der Waals surface area contributed by atoms with E-state index in [1.807, 2.05) is 38.1 Å². The molecule has 0 spiro atoms. The molecule has 0 fully saturated rings. The molecule has 20 heavy (non-hydrogen) atoms. The van der Waals surface area contributed by atoms with Crippen molar-refractivity contribution in [3.05, 3.63) is 35.4 Å². The van der Waals surface area contributed by atoms with Crippen molar-refractivity contribution in [3.63, 3.8) is 0 Å². The highest BCUT2D eigenvalue weighted by molar-refractivity contribution is 5.83. The van der Waals surface area contributed by atoms with E-state index < -0.39 is 12.0 Å². The summed E-state index contributed by atoms with van der Waals surface area (Å²) in [4.78, 5) is 22.7. The molecule has 0 aromatic heterocycles. The van der Waals surface area contributed by atoms with Gasteiger partial charge in [0.1, 0.15) is 6.04 Å². The Morgan fingerprint density at radius 1 is 1.30 bits per heavy atom. The van der Waals surface area contributed by atoms with Gasteiger partial charge in [0.15, 0.2) is 0 Å². The molecule has 0 aliphatic heterocycles. The highest BCUT2D eigenvalue weighted by Gasteiger charge is 2.21. The van der Waals surface area contributed by atoms with E-state index >= 15 is 0 Å². The lowest BCUT2D eigenvalue weighted by molar-refractivity contribution is -0.144. The van der Waals surface area contributed by atoms with E-state index in [4.69, 9.17) is 0 Å². The molecule has 2 atom stereocenters. The first-order valence-corrected chi connectivity index (χ1v) is 6.59. The standard InChI is InChI=1S/C15H22N2O3/c1-10-7-5-6-8-13(10)11(2)16-9-14(15(19)20-4)17-12(3)18/h5-8,11,14,16H,9H2,1-4H3,(H,17,18)/t11-,14?/m0/s1. The zero-order valence-electron chi connectivity index (χ0n) is 12.4. The van der Waals surface area contributed by atoms with Gasteiger partial charge in [-0.3, -0.25) is 4.79 Å². The first-order chi connectivity index (χ1) is 9.45. The summed E-state index contributed by atoms with van der Waals surface area (Å²) in [6.45, 7) is 5.76. The average Bonchev–Trinajstić information content (AvgIpc) is 2.42. The van der Waals surface area contributed by atoms with E-state index in [2.05, 4.69) is 15.4 Å². The van der Waals surface area contributed by atoms with Crippen LogP contribution in [0.25, 0.3) is 0 Å². The van der Waals surface area contributed by atoms with E-state index in [-0.39, 0.29) is 11.9 Å². The lowest BCUT2D eigenvalue weighted by Crippen LogP contribution is -2.47. The molecule has 0 saturated carbocycles. The molecule has 0 aliphatic carbocycles. The third-order valence-corrected chi connectivity index (χ3v) is 3.15. The maximum Gasteiger partial charge on any atom is 0.329 e. The van der Waals surface area contributed by atoms with Crippen molar-refractivity contribution in [1.29, 1.82) is 0 Å². The van der Waals surface area contributed by atoms with Gasteiger partial charge in [-0.25, -0.2) is 4.79 Å². The molecule has 1 rings (SSSR count). The van der Waals surface area contributed by atoms with Crippen molar-refractivity contribution in [3.8, 4) is 0 Å². The predicted octanol–water partition coefficient (Wildman–Crippen LogP) is 1.32. The fraction of sp³-hybridized carbons (Fsp3) is 0.467. The van der Waals surface area contributed by atoms with Crippen LogP contribution in [0.2, 0.25) is 0 Å². The molecule has 5 heteroatoms. The third-order valence-electron chi connectivity index (χ3n) is 3.15. The van der Waals surface area contributed by atoms with E-state index in [9.17, 15) is 9.59 Å². The Hall–Kier alpha value is -1.88. The molecule has 0 saturated heterocycles. The van der Waals surface area contributed by atoms with Crippen LogP contribution in [0.15, 0.2) is 24.3 Å². The molecule has 5 nitrogen and oxygen atoms in total. The lowest BCUT2D eigenvalue weighted by Gasteiger charge is -2.21. The number of hydrogen-bond acceptors (Lipinski definition) is 4. The number of amides is 1. The van der Waals surface area contributed by atoms with Crippen molar-refractivity contribution in [2.45, 2.75) is 32.9 Å². The molecule has 0 aliphatic rings. The molecule has 0 radical (unpaired) electrons. The molecular weight excluding hydrogens is 256 g/mol. The molecule has 1 unspecified atom stereocenters. The number of carbonyl (C=O) groups excluding carboxylic acids is 2. The van der Waals surface area contributed by atoms with Gasteiger partial charge >= 0.3 is 5.97 Å². The summed E-state index contributed by atoms with van der Waals surface area (Å²) in [5.74, 6) is -0.713. The van der Waals surface area contributed by atoms with Crippen LogP contribution in [-0.4, -0.2) is 31.6 Å². The Morgan fingerprint density at radius 2 is 1.95 bits per heavy atom. The van der Waals surface area contributed by atoms with Gasteiger partial charge in [0, 0.05) is 19.5 Å². The summed E-state index contributed by atoms with van der Waals surface area (Å²) < 4.78 is 4.68. The first kappa shape index (κ1) is 16.2. The Balaban J connectivity index is 2.65. The predicted molar refractivity (Wildman–Crippen MR) is 77.2 cm³/mol. The minimum atomic E-state index is -0.677. The average molecular weight is 278 g/mol. The normalized spacial score (nSPS) is 13.4. The smallest absolute Gasteiger partial charge is 0.329 e. The van der Waals surface area contributed by atoms with Crippen LogP contribution in [0, 0.1) is 6.92 Å². The zero-order chi connectivity index (χ0) is 15.1. The van der Waals surface area contributed by atoms with Gasteiger partial charge in [-0.1, -0.05) is 24.3 Å².